The molecule has 0 saturated heterocycles. The van der Waals surface area contributed by atoms with E-state index in [1.165, 1.54) is 25.7 Å². The summed E-state index contributed by atoms with van der Waals surface area (Å²) in [5.41, 5.74) is 1.14. The SMILES string of the molecule is CCCCCCCCC1=C(CCCCCCCC)C(=O)[O][Sn]2([O]C1=O)[O]C(=O)C(CCCCCCCC)=C(CCCCCCCC)C(=O)[O]2. The summed E-state index contributed by atoms with van der Waals surface area (Å²) < 4.78 is 23.3. The molecule has 0 amide bonds. The van der Waals surface area contributed by atoms with Gasteiger partial charge in [-0.25, -0.2) is 0 Å². The van der Waals surface area contributed by atoms with Crippen LogP contribution >= 0.6 is 0 Å². The van der Waals surface area contributed by atoms with Gasteiger partial charge in [0.25, 0.3) is 0 Å². The molecule has 0 aliphatic carbocycles. The van der Waals surface area contributed by atoms with E-state index in [0.29, 0.717) is 25.7 Å². The van der Waals surface area contributed by atoms with E-state index in [1.54, 1.807) is 0 Å². The molecule has 0 aromatic carbocycles. The van der Waals surface area contributed by atoms with E-state index in [1.807, 2.05) is 0 Å². The molecule has 9 heteroatoms. The second-order valence-corrected chi connectivity index (χ2v) is 19.2. The summed E-state index contributed by atoms with van der Waals surface area (Å²) in [4.78, 5) is 55.2. The summed E-state index contributed by atoms with van der Waals surface area (Å²) in [6.45, 7) is 8.69. The molecular weight excluding hydrogens is 727 g/mol. The molecule has 0 aromatic rings. The fourth-order valence-corrected chi connectivity index (χ4v) is 11.4. The first kappa shape index (κ1) is 43.3. The number of hydrogen-bond donors (Lipinski definition) is 0. The maximum atomic E-state index is 13.8. The van der Waals surface area contributed by atoms with Gasteiger partial charge in [-0.1, -0.05) is 0 Å². The normalized spacial score (nSPS) is 16.4. The third kappa shape index (κ3) is 16.4. The van der Waals surface area contributed by atoms with Gasteiger partial charge in [0.05, 0.1) is 0 Å². The average Bonchev–Trinajstić information content (AvgIpc) is 3.22. The van der Waals surface area contributed by atoms with Gasteiger partial charge in [0, 0.05) is 0 Å². The van der Waals surface area contributed by atoms with Crippen molar-refractivity contribution in [1.82, 2.24) is 0 Å². The van der Waals surface area contributed by atoms with Crippen LogP contribution in [0.25, 0.3) is 0 Å². The molecule has 49 heavy (non-hydrogen) atoms. The van der Waals surface area contributed by atoms with Crippen molar-refractivity contribution >= 4 is 43.9 Å². The van der Waals surface area contributed by atoms with Crippen LogP contribution in [0.2, 0.25) is 0 Å². The molecular formula is C40H68O8Sn. The molecule has 280 valence electrons. The zero-order chi connectivity index (χ0) is 35.7. The van der Waals surface area contributed by atoms with Crippen molar-refractivity contribution < 1.29 is 31.5 Å². The topological polar surface area (TPSA) is 105 Å². The molecule has 0 radical (unpaired) electrons. The van der Waals surface area contributed by atoms with Crippen molar-refractivity contribution in [3.8, 4) is 0 Å². The summed E-state index contributed by atoms with van der Waals surface area (Å²) in [6.07, 6.45) is 26.2. The van der Waals surface area contributed by atoms with Crippen LogP contribution in [-0.2, 0) is 31.5 Å². The van der Waals surface area contributed by atoms with Crippen LogP contribution in [0.4, 0.5) is 0 Å². The van der Waals surface area contributed by atoms with Gasteiger partial charge in [-0.15, -0.1) is 0 Å². The van der Waals surface area contributed by atoms with Crippen LogP contribution in [0.15, 0.2) is 22.3 Å². The second-order valence-electron chi connectivity index (χ2n) is 14.0. The number of unbranched alkanes of at least 4 members (excludes halogenated alkanes) is 20. The third-order valence-corrected chi connectivity index (χ3v) is 14.7. The van der Waals surface area contributed by atoms with Crippen molar-refractivity contribution in [2.24, 2.45) is 0 Å². The summed E-state index contributed by atoms with van der Waals surface area (Å²) >= 11 is -5.83. The molecule has 2 aliphatic heterocycles. The van der Waals surface area contributed by atoms with E-state index in [0.717, 1.165) is 128 Å². The predicted molar refractivity (Wildman–Crippen MR) is 196 cm³/mol. The average molecular weight is 796 g/mol. The minimum atomic E-state index is -5.83. The van der Waals surface area contributed by atoms with E-state index >= 15 is 0 Å². The molecule has 0 fully saturated rings. The molecule has 1 spiro atoms. The predicted octanol–water partition coefficient (Wildman–Crippen LogP) is 11.2. The van der Waals surface area contributed by atoms with Gasteiger partial charge in [0.2, 0.25) is 0 Å². The third-order valence-electron chi connectivity index (χ3n) is 9.71. The van der Waals surface area contributed by atoms with Crippen LogP contribution < -0.4 is 0 Å². The zero-order valence-electron chi connectivity index (χ0n) is 31.6. The van der Waals surface area contributed by atoms with E-state index in [2.05, 4.69) is 27.7 Å². The van der Waals surface area contributed by atoms with Crippen molar-refractivity contribution in [2.75, 3.05) is 0 Å². The summed E-state index contributed by atoms with van der Waals surface area (Å²) in [5.74, 6) is -2.97. The molecule has 2 aliphatic rings. The quantitative estimate of drug-likeness (QED) is 0.0569. The summed E-state index contributed by atoms with van der Waals surface area (Å²) in [5, 5.41) is 0. The number of hydrogen-bond acceptors (Lipinski definition) is 8. The number of rotatable bonds is 28. The Morgan fingerprint density at radius 2 is 0.490 bits per heavy atom. The summed E-state index contributed by atoms with van der Waals surface area (Å²) in [6, 6.07) is 0. The monoisotopic (exact) mass is 796 g/mol. The van der Waals surface area contributed by atoms with Crippen LogP contribution in [0.3, 0.4) is 0 Å². The Kier molecular flexibility index (Phi) is 23.0. The Morgan fingerprint density at radius 3 is 0.694 bits per heavy atom. The molecule has 2 heterocycles. The molecule has 8 nitrogen and oxygen atoms in total. The first-order valence-electron chi connectivity index (χ1n) is 20.2. The van der Waals surface area contributed by atoms with Crippen molar-refractivity contribution in [3.05, 3.63) is 22.3 Å². The van der Waals surface area contributed by atoms with Crippen LogP contribution in [0.1, 0.15) is 207 Å². The van der Waals surface area contributed by atoms with Crippen LogP contribution in [-0.4, -0.2) is 43.9 Å². The van der Waals surface area contributed by atoms with Crippen LogP contribution in [0, 0.1) is 0 Å². The minimum absolute atomic E-state index is 0.284. The standard InChI is InChI=1S/2C20H36O4.Sn/c2*1-3-5-7-9-11-13-15-17(19(21)22)18(20(23)24)16-14-12-10-8-6-4-2;/h2*3-16H2,1-2H3,(H,21,22)(H,23,24);/q;;+4/p-4. The van der Waals surface area contributed by atoms with Gasteiger partial charge in [-0.3, -0.25) is 0 Å². The Labute approximate surface area is 303 Å². The Balaban J connectivity index is 2.27. The number of carbonyl (C=O) groups excluding carboxylic acids is 4. The molecule has 0 bridgehead atoms. The zero-order valence-corrected chi connectivity index (χ0v) is 34.4. The van der Waals surface area contributed by atoms with Gasteiger partial charge in [0.15, 0.2) is 0 Å². The van der Waals surface area contributed by atoms with Crippen molar-refractivity contribution in [2.45, 2.75) is 207 Å². The molecule has 2 rings (SSSR count). The Hall–Kier alpha value is -1.84. The molecule has 0 saturated carbocycles. The molecule has 0 N–H and O–H groups in total. The summed E-state index contributed by atoms with van der Waals surface area (Å²) in [7, 11) is 0. The second kappa shape index (κ2) is 26.0. The fraction of sp³-hybridized carbons (Fsp3) is 0.800. The van der Waals surface area contributed by atoms with Crippen molar-refractivity contribution in [3.63, 3.8) is 0 Å². The Morgan fingerprint density at radius 1 is 0.306 bits per heavy atom. The van der Waals surface area contributed by atoms with Crippen molar-refractivity contribution in [1.29, 1.82) is 0 Å². The fourth-order valence-electron chi connectivity index (χ4n) is 6.66. The molecule has 0 unspecified atom stereocenters. The number of carbonyl (C=O) groups is 4. The van der Waals surface area contributed by atoms with Gasteiger partial charge >= 0.3 is 305 Å². The maximum absolute atomic E-state index is 13.8. The van der Waals surface area contributed by atoms with E-state index in [4.69, 9.17) is 12.3 Å². The first-order chi connectivity index (χ1) is 23.8. The molecule has 0 aromatic heterocycles. The van der Waals surface area contributed by atoms with E-state index in [9.17, 15) is 19.2 Å². The molecule has 0 atom stereocenters. The first-order valence-corrected chi connectivity index (χ1v) is 24.9. The van der Waals surface area contributed by atoms with Gasteiger partial charge in [-0.2, -0.15) is 0 Å². The van der Waals surface area contributed by atoms with Gasteiger partial charge in [0.1, 0.15) is 0 Å². The van der Waals surface area contributed by atoms with E-state index in [-0.39, 0.29) is 22.3 Å². The van der Waals surface area contributed by atoms with Gasteiger partial charge in [-0.05, 0) is 0 Å². The van der Waals surface area contributed by atoms with E-state index < -0.39 is 43.9 Å². The van der Waals surface area contributed by atoms with Gasteiger partial charge < -0.3 is 0 Å². The van der Waals surface area contributed by atoms with Crippen LogP contribution in [0.5, 0.6) is 0 Å². The Bertz CT molecular complexity index is 911.